The van der Waals surface area contributed by atoms with E-state index < -0.39 is 21.7 Å². The number of nitrogens with one attached hydrogen (secondary N) is 1. The molecule has 1 N–H and O–H groups in total. The Bertz CT molecular complexity index is 904. The van der Waals surface area contributed by atoms with Crippen LogP contribution in [0.1, 0.15) is 10.4 Å². The number of rotatable bonds is 4. The van der Waals surface area contributed by atoms with Gasteiger partial charge >= 0.3 is 0 Å². The molecule has 0 saturated carbocycles. The number of carbonyl (C=O) groups excluding carboxylic acids is 1. The lowest BCUT2D eigenvalue weighted by molar-refractivity contribution is 0.102. The van der Waals surface area contributed by atoms with E-state index in [0.29, 0.717) is 4.47 Å². The Balaban J connectivity index is 2.37. The van der Waals surface area contributed by atoms with Gasteiger partial charge in [0.05, 0.1) is 10.7 Å². The standard InChI is InChI=1S/C15H13BrClFN2O3S/c1-20(2)24(22,23)14-7-9(3-5-11(14)17)15(21)19-13-6-4-10(16)8-12(13)18/h3-8H,1-2H3,(H,19,21). The number of benzene rings is 2. The lowest BCUT2D eigenvalue weighted by atomic mass is 10.2. The molecule has 0 heterocycles. The van der Waals surface area contributed by atoms with Gasteiger partial charge in [-0.3, -0.25) is 4.79 Å². The van der Waals surface area contributed by atoms with E-state index in [2.05, 4.69) is 21.2 Å². The maximum absolute atomic E-state index is 13.8. The van der Waals surface area contributed by atoms with Crippen molar-refractivity contribution in [2.45, 2.75) is 4.90 Å². The second-order valence-electron chi connectivity index (χ2n) is 5.01. The molecule has 0 spiro atoms. The monoisotopic (exact) mass is 434 g/mol. The highest BCUT2D eigenvalue weighted by Gasteiger charge is 2.22. The predicted octanol–water partition coefficient (Wildman–Crippen LogP) is 3.74. The van der Waals surface area contributed by atoms with Crippen molar-refractivity contribution in [2.75, 3.05) is 19.4 Å². The van der Waals surface area contributed by atoms with E-state index in [9.17, 15) is 17.6 Å². The molecule has 24 heavy (non-hydrogen) atoms. The zero-order valence-corrected chi connectivity index (χ0v) is 15.8. The normalized spacial score (nSPS) is 11.6. The van der Waals surface area contributed by atoms with E-state index in [4.69, 9.17) is 11.6 Å². The van der Waals surface area contributed by atoms with Gasteiger partial charge in [-0.2, -0.15) is 0 Å². The van der Waals surface area contributed by atoms with Crippen LogP contribution in [0.5, 0.6) is 0 Å². The molecule has 0 aliphatic carbocycles. The molecule has 0 aliphatic heterocycles. The molecule has 9 heteroatoms. The molecular formula is C15H13BrClFN2O3S. The van der Waals surface area contributed by atoms with Crippen LogP contribution in [0.2, 0.25) is 5.02 Å². The van der Waals surface area contributed by atoms with Crippen molar-refractivity contribution in [3.8, 4) is 0 Å². The summed E-state index contributed by atoms with van der Waals surface area (Å²) in [5.74, 6) is -1.27. The first-order valence-electron chi connectivity index (χ1n) is 6.61. The van der Waals surface area contributed by atoms with E-state index >= 15 is 0 Å². The molecular weight excluding hydrogens is 423 g/mol. The molecule has 0 unspecified atom stereocenters. The molecule has 0 fully saturated rings. The van der Waals surface area contributed by atoms with E-state index in [1.165, 1.54) is 38.4 Å². The number of sulfonamides is 1. The van der Waals surface area contributed by atoms with Gasteiger partial charge in [0.25, 0.3) is 5.91 Å². The van der Waals surface area contributed by atoms with Crippen molar-refractivity contribution in [2.24, 2.45) is 0 Å². The van der Waals surface area contributed by atoms with Gasteiger partial charge in [-0.1, -0.05) is 27.5 Å². The third-order valence-electron chi connectivity index (χ3n) is 3.13. The zero-order valence-electron chi connectivity index (χ0n) is 12.7. The number of carbonyl (C=O) groups is 1. The summed E-state index contributed by atoms with van der Waals surface area (Å²) in [6, 6.07) is 8.00. The van der Waals surface area contributed by atoms with Crippen LogP contribution in [0, 0.1) is 5.82 Å². The molecule has 2 aromatic rings. The number of anilines is 1. The van der Waals surface area contributed by atoms with Gasteiger partial charge in [0.15, 0.2) is 0 Å². The number of hydrogen-bond donors (Lipinski definition) is 1. The maximum atomic E-state index is 13.8. The highest BCUT2D eigenvalue weighted by Crippen LogP contribution is 2.26. The first-order valence-corrected chi connectivity index (χ1v) is 9.22. The third-order valence-corrected chi connectivity index (χ3v) is 5.92. The Morgan fingerprint density at radius 2 is 1.88 bits per heavy atom. The number of nitrogens with zero attached hydrogens (tertiary/aromatic N) is 1. The zero-order chi connectivity index (χ0) is 18.1. The highest BCUT2D eigenvalue weighted by atomic mass is 79.9. The van der Waals surface area contributed by atoms with Gasteiger partial charge in [0.2, 0.25) is 10.0 Å². The molecule has 1 amide bonds. The Morgan fingerprint density at radius 3 is 2.46 bits per heavy atom. The summed E-state index contributed by atoms with van der Waals surface area (Å²) >= 11 is 9.05. The molecule has 2 aromatic carbocycles. The van der Waals surface area contributed by atoms with Crippen molar-refractivity contribution in [1.29, 1.82) is 0 Å². The quantitative estimate of drug-likeness (QED) is 0.795. The summed E-state index contributed by atoms with van der Waals surface area (Å²) in [5, 5.41) is 2.39. The van der Waals surface area contributed by atoms with Gasteiger partial charge < -0.3 is 5.32 Å². The van der Waals surface area contributed by atoms with Crippen molar-refractivity contribution in [3.05, 3.63) is 57.3 Å². The molecule has 0 atom stereocenters. The predicted molar refractivity (Wildman–Crippen MR) is 94.4 cm³/mol. The van der Waals surface area contributed by atoms with Gasteiger partial charge in [0.1, 0.15) is 10.7 Å². The molecule has 0 radical (unpaired) electrons. The van der Waals surface area contributed by atoms with E-state index in [-0.39, 0.29) is 21.2 Å². The summed E-state index contributed by atoms with van der Waals surface area (Å²) in [7, 11) is -1.10. The summed E-state index contributed by atoms with van der Waals surface area (Å²) in [4.78, 5) is 12.1. The van der Waals surface area contributed by atoms with Crippen LogP contribution < -0.4 is 5.32 Å². The van der Waals surface area contributed by atoms with Gasteiger partial charge in [-0.25, -0.2) is 17.1 Å². The Morgan fingerprint density at radius 1 is 1.21 bits per heavy atom. The summed E-state index contributed by atoms with van der Waals surface area (Å²) in [6.07, 6.45) is 0. The van der Waals surface area contributed by atoms with E-state index in [0.717, 1.165) is 10.4 Å². The highest BCUT2D eigenvalue weighted by molar-refractivity contribution is 9.10. The molecule has 0 aliphatic rings. The maximum Gasteiger partial charge on any atom is 0.255 e. The Labute approximate surface area is 152 Å². The first kappa shape index (κ1) is 18.9. The fourth-order valence-corrected chi connectivity index (χ4v) is 3.55. The first-order chi connectivity index (χ1) is 11.1. The summed E-state index contributed by atoms with van der Waals surface area (Å²) in [5.41, 5.74) is 0.0253. The van der Waals surface area contributed by atoms with Gasteiger partial charge in [-0.15, -0.1) is 0 Å². The molecule has 128 valence electrons. The SMILES string of the molecule is CN(C)S(=O)(=O)c1cc(C(=O)Nc2ccc(Br)cc2F)ccc1Cl. The number of hydrogen-bond acceptors (Lipinski definition) is 3. The molecule has 0 aromatic heterocycles. The minimum absolute atomic E-state index is 0.00456. The van der Waals surface area contributed by atoms with E-state index in [1.54, 1.807) is 6.07 Å². The van der Waals surface area contributed by atoms with Crippen molar-refractivity contribution in [3.63, 3.8) is 0 Å². The second kappa shape index (κ2) is 7.18. The molecule has 0 bridgehead atoms. The second-order valence-corrected chi connectivity index (χ2v) is 8.45. The molecule has 5 nitrogen and oxygen atoms in total. The topological polar surface area (TPSA) is 66.5 Å². The summed E-state index contributed by atoms with van der Waals surface area (Å²) < 4.78 is 39.8. The van der Waals surface area contributed by atoms with Crippen molar-refractivity contribution >= 4 is 49.1 Å². The minimum atomic E-state index is -3.81. The van der Waals surface area contributed by atoms with Crippen LogP contribution in [-0.4, -0.2) is 32.7 Å². The van der Waals surface area contributed by atoms with Crippen molar-refractivity contribution in [1.82, 2.24) is 4.31 Å². The van der Waals surface area contributed by atoms with Crippen LogP contribution in [-0.2, 0) is 10.0 Å². The largest absolute Gasteiger partial charge is 0.319 e. The van der Waals surface area contributed by atoms with E-state index in [1.807, 2.05) is 0 Å². The Hall–Kier alpha value is -1.48. The van der Waals surface area contributed by atoms with Crippen LogP contribution in [0.25, 0.3) is 0 Å². The van der Waals surface area contributed by atoms with Crippen LogP contribution >= 0.6 is 27.5 Å². The van der Waals surface area contributed by atoms with Crippen LogP contribution in [0.3, 0.4) is 0 Å². The Kier molecular flexibility index (Phi) is 5.64. The lowest BCUT2D eigenvalue weighted by Gasteiger charge is -2.14. The number of amides is 1. The van der Waals surface area contributed by atoms with Crippen molar-refractivity contribution < 1.29 is 17.6 Å². The van der Waals surface area contributed by atoms with Gasteiger partial charge in [-0.05, 0) is 36.4 Å². The molecule has 0 saturated heterocycles. The average Bonchev–Trinajstić information content (AvgIpc) is 2.50. The fourth-order valence-electron chi connectivity index (χ4n) is 1.82. The smallest absolute Gasteiger partial charge is 0.255 e. The minimum Gasteiger partial charge on any atom is -0.319 e. The number of halogens is 3. The van der Waals surface area contributed by atoms with Crippen LogP contribution in [0.15, 0.2) is 45.8 Å². The van der Waals surface area contributed by atoms with Gasteiger partial charge in [0, 0.05) is 24.1 Å². The lowest BCUT2D eigenvalue weighted by Crippen LogP contribution is -2.23. The third kappa shape index (κ3) is 3.94. The average molecular weight is 436 g/mol. The van der Waals surface area contributed by atoms with Crippen LogP contribution in [0.4, 0.5) is 10.1 Å². The molecule has 2 rings (SSSR count). The summed E-state index contributed by atoms with van der Waals surface area (Å²) in [6.45, 7) is 0. The fraction of sp³-hybridized carbons (Fsp3) is 0.133.